The zero-order valence-electron chi connectivity index (χ0n) is 38.0. The van der Waals surface area contributed by atoms with E-state index in [1.54, 1.807) is 0 Å². The Morgan fingerprint density at radius 1 is 0.517 bits per heavy atom. The summed E-state index contributed by atoms with van der Waals surface area (Å²) < 4.78 is 27.0. The fourth-order valence-corrected chi connectivity index (χ4v) is 7.96. The van der Waals surface area contributed by atoms with Crippen LogP contribution >= 0.6 is 7.82 Å². The average Bonchev–Trinajstić information content (AvgIpc) is 3.21. The topological polar surface area (TPSA) is 131 Å². The van der Waals surface area contributed by atoms with Gasteiger partial charge in [0.2, 0.25) is 5.91 Å². The molecule has 0 aliphatic heterocycles. The summed E-state index contributed by atoms with van der Waals surface area (Å²) in [6, 6.07) is 0. The Morgan fingerprint density at radius 3 is 1.29 bits per heavy atom. The number of hydrogen-bond acceptors (Lipinski definition) is 7. The van der Waals surface area contributed by atoms with Gasteiger partial charge in [-0.15, -0.1) is 0 Å². The van der Waals surface area contributed by atoms with Crippen LogP contribution in [0.5, 0.6) is 0 Å². The van der Waals surface area contributed by atoms with Crippen molar-refractivity contribution in [3.8, 4) is 0 Å². The molecule has 0 heterocycles. The summed E-state index contributed by atoms with van der Waals surface area (Å²) in [5, 5.41) is 12.7. The lowest BCUT2D eigenvalue weighted by Gasteiger charge is -2.15. The second-order valence-electron chi connectivity index (χ2n) is 16.8. The quantitative estimate of drug-likeness (QED) is 0.0239. The lowest BCUT2D eigenvalue weighted by Crippen LogP contribution is -2.27. The van der Waals surface area contributed by atoms with Crippen LogP contribution in [0, 0.1) is 0 Å². The third-order valence-electron chi connectivity index (χ3n) is 10.9. The van der Waals surface area contributed by atoms with Crippen LogP contribution in [0.25, 0.3) is 0 Å². The molecule has 0 saturated carbocycles. The number of phosphoric acid groups is 1. The molecular formula is C48H94NO8P. The Kier molecular flexibility index (Phi) is 44.3. The largest absolute Gasteiger partial charge is 0.472 e. The molecule has 344 valence electrons. The molecule has 0 aromatic heterocycles. The van der Waals surface area contributed by atoms with Crippen molar-refractivity contribution in [2.45, 2.75) is 258 Å². The Balaban J connectivity index is 3.54. The number of hydrogen-bond donors (Lipinski definition) is 3. The predicted octanol–water partition coefficient (Wildman–Crippen LogP) is 14.2. The SMILES string of the molecule is CCCCCCCCC/C=C\CCCCCCCCCC(=O)OCC(O)COP(=O)(O)OCCNC(=O)CCCCCCCCCCCCCCCCCCCCC. The van der Waals surface area contributed by atoms with E-state index in [2.05, 4.69) is 31.3 Å². The molecule has 58 heavy (non-hydrogen) atoms. The molecule has 9 nitrogen and oxygen atoms in total. The number of nitrogens with one attached hydrogen (secondary N) is 1. The number of allylic oxidation sites excluding steroid dienone is 2. The molecule has 0 fully saturated rings. The summed E-state index contributed by atoms with van der Waals surface area (Å²) in [6.45, 7) is 3.60. The molecule has 0 aromatic carbocycles. The van der Waals surface area contributed by atoms with Crippen LogP contribution < -0.4 is 5.32 Å². The van der Waals surface area contributed by atoms with E-state index in [-0.39, 0.29) is 32.1 Å². The Labute approximate surface area is 358 Å². The smallest absolute Gasteiger partial charge is 0.463 e. The van der Waals surface area contributed by atoms with Gasteiger partial charge in [-0.2, -0.15) is 0 Å². The maximum Gasteiger partial charge on any atom is 0.472 e. The van der Waals surface area contributed by atoms with Gasteiger partial charge >= 0.3 is 13.8 Å². The Morgan fingerprint density at radius 2 is 0.879 bits per heavy atom. The van der Waals surface area contributed by atoms with Gasteiger partial charge < -0.3 is 20.1 Å². The molecule has 0 aliphatic carbocycles. The molecule has 3 N–H and O–H groups in total. The van der Waals surface area contributed by atoms with Crippen LogP contribution in [0.3, 0.4) is 0 Å². The Hall–Kier alpha value is -1.25. The highest BCUT2D eigenvalue weighted by Crippen LogP contribution is 2.42. The fourth-order valence-electron chi connectivity index (χ4n) is 7.20. The highest BCUT2D eigenvalue weighted by atomic mass is 31.2. The van der Waals surface area contributed by atoms with E-state index >= 15 is 0 Å². The van der Waals surface area contributed by atoms with Crippen molar-refractivity contribution in [1.82, 2.24) is 5.32 Å². The molecule has 0 saturated heterocycles. The van der Waals surface area contributed by atoms with Crippen LogP contribution in [0.2, 0.25) is 0 Å². The summed E-state index contributed by atoms with van der Waals surface area (Å²) in [7, 11) is -4.42. The van der Waals surface area contributed by atoms with Crippen molar-refractivity contribution in [2.24, 2.45) is 0 Å². The number of rotatable bonds is 47. The zero-order chi connectivity index (χ0) is 42.5. The van der Waals surface area contributed by atoms with E-state index in [0.717, 1.165) is 38.5 Å². The van der Waals surface area contributed by atoms with Crippen molar-refractivity contribution in [2.75, 3.05) is 26.4 Å². The van der Waals surface area contributed by atoms with E-state index < -0.39 is 26.5 Å². The molecule has 0 radical (unpaired) electrons. The molecule has 0 spiro atoms. The third-order valence-corrected chi connectivity index (χ3v) is 11.9. The first-order valence-corrected chi connectivity index (χ1v) is 26.2. The number of ether oxygens (including phenoxy) is 1. The van der Waals surface area contributed by atoms with E-state index in [9.17, 15) is 24.2 Å². The maximum atomic E-state index is 12.1. The number of carbonyl (C=O) groups excluding carboxylic acids is 2. The summed E-state index contributed by atoms with van der Waals surface area (Å²) in [5.41, 5.74) is 0. The van der Waals surface area contributed by atoms with Gasteiger partial charge in [0.15, 0.2) is 0 Å². The van der Waals surface area contributed by atoms with Crippen molar-refractivity contribution >= 4 is 19.7 Å². The van der Waals surface area contributed by atoms with Gasteiger partial charge in [-0.1, -0.05) is 212 Å². The summed E-state index contributed by atoms with van der Waals surface area (Å²) in [5.74, 6) is -0.508. The summed E-state index contributed by atoms with van der Waals surface area (Å²) in [6.07, 6.45) is 48.6. The first-order valence-electron chi connectivity index (χ1n) is 24.7. The van der Waals surface area contributed by atoms with E-state index in [1.807, 2.05) is 0 Å². The minimum atomic E-state index is -4.42. The van der Waals surface area contributed by atoms with Crippen LogP contribution in [-0.2, 0) is 27.9 Å². The van der Waals surface area contributed by atoms with Gasteiger partial charge in [0, 0.05) is 19.4 Å². The highest BCUT2D eigenvalue weighted by molar-refractivity contribution is 7.47. The lowest BCUT2D eigenvalue weighted by atomic mass is 10.0. The molecule has 2 atom stereocenters. The monoisotopic (exact) mass is 844 g/mol. The number of unbranched alkanes of at least 4 members (excludes halogenated alkanes) is 32. The van der Waals surface area contributed by atoms with Crippen molar-refractivity contribution in [1.29, 1.82) is 0 Å². The molecule has 1 amide bonds. The molecule has 0 rings (SSSR count). The summed E-state index contributed by atoms with van der Waals surface area (Å²) in [4.78, 5) is 34.0. The molecule has 0 aromatic rings. The minimum absolute atomic E-state index is 0.0864. The van der Waals surface area contributed by atoms with Crippen molar-refractivity contribution in [3.63, 3.8) is 0 Å². The number of amides is 1. The van der Waals surface area contributed by atoms with Gasteiger partial charge in [0.25, 0.3) is 0 Å². The number of phosphoric ester groups is 1. The van der Waals surface area contributed by atoms with Crippen LogP contribution in [0.15, 0.2) is 12.2 Å². The predicted molar refractivity (Wildman–Crippen MR) is 243 cm³/mol. The fraction of sp³-hybridized carbons (Fsp3) is 0.917. The molecule has 2 unspecified atom stereocenters. The minimum Gasteiger partial charge on any atom is -0.463 e. The van der Waals surface area contributed by atoms with E-state index in [4.69, 9.17) is 13.8 Å². The molecule has 10 heteroatoms. The van der Waals surface area contributed by atoms with Crippen molar-refractivity contribution in [3.05, 3.63) is 12.2 Å². The van der Waals surface area contributed by atoms with Gasteiger partial charge in [0.1, 0.15) is 12.7 Å². The van der Waals surface area contributed by atoms with Crippen molar-refractivity contribution < 1.29 is 37.9 Å². The Bertz CT molecular complexity index is 964. The van der Waals surface area contributed by atoms with Gasteiger partial charge in [-0.25, -0.2) is 4.57 Å². The highest BCUT2D eigenvalue weighted by Gasteiger charge is 2.23. The van der Waals surface area contributed by atoms with Gasteiger partial charge in [-0.3, -0.25) is 18.6 Å². The standard InChI is InChI=1S/C48H94NO8P/c1-3-5-7-9-11-13-15-17-19-21-23-24-26-28-30-32-34-36-38-40-47(51)49-42-43-56-58(53,54)57-45-46(50)44-55-48(52)41-39-37-35-33-31-29-27-25-22-20-18-16-14-12-10-8-6-4-2/h20,22,46,50H,3-19,21,23-45H2,1-2H3,(H,49,51)(H,53,54)/b22-20-. The summed E-state index contributed by atoms with van der Waals surface area (Å²) >= 11 is 0. The lowest BCUT2D eigenvalue weighted by molar-refractivity contribution is -0.147. The zero-order valence-corrected chi connectivity index (χ0v) is 38.9. The third kappa shape index (κ3) is 45.8. The van der Waals surface area contributed by atoms with Crippen LogP contribution in [-0.4, -0.2) is 54.3 Å². The molecular weight excluding hydrogens is 750 g/mol. The number of carbonyl (C=O) groups is 2. The van der Waals surface area contributed by atoms with E-state index in [1.165, 1.54) is 186 Å². The number of aliphatic hydroxyl groups excluding tert-OH is 1. The van der Waals surface area contributed by atoms with Gasteiger partial charge in [0.05, 0.1) is 13.2 Å². The number of esters is 1. The van der Waals surface area contributed by atoms with Gasteiger partial charge in [-0.05, 0) is 38.5 Å². The second kappa shape index (κ2) is 45.3. The molecule has 0 bridgehead atoms. The van der Waals surface area contributed by atoms with Crippen LogP contribution in [0.4, 0.5) is 0 Å². The second-order valence-corrected chi connectivity index (χ2v) is 18.2. The first-order chi connectivity index (χ1) is 28.3. The average molecular weight is 844 g/mol. The number of aliphatic hydroxyl groups is 1. The normalized spacial score (nSPS) is 13.2. The van der Waals surface area contributed by atoms with Crippen LogP contribution in [0.1, 0.15) is 251 Å². The first kappa shape index (κ1) is 56.8. The maximum absolute atomic E-state index is 12.1. The molecule has 0 aliphatic rings. The van der Waals surface area contributed by atoms with E-state index in [0.29, 0.717) is 6.42 Å².